The van der Waals surface area contributed by atoms with Crippen LogP contribution in [0.5, 0.6) is 0 Å². The van der Waals surface area contributed by atoms with Gasteiger partial charge < -0.3 is 4.74 Å². The van der Waals surface area contributed by atoms with E-state index in [1.165, 1.54) is 16.9 Å². The molecule has 5 nitrogen and oxygen atoms in total. The van der Waals surface area contributed by atoms with Crippen LogP contribution in [-0.4, -0.2) is 55.2 Å². The zero-order valence-corrected chi connectivity index (χ0v) is 21.8. The van der Waals surface area contributed by atoms with E-state index in [2.05, 4.69) is 36.9 Å². The molecule has 0 atom stereocenters. The third-order valence-electron chi connectivity index (χ3n) is 6.02. The van der Waals surface area contributed by atoms with Gasteiger partial charge in [0.1, 0.15) is 0 Å². The van der Waals surface area contributed by atoms with E-state index in [0.29, 0.717) is 18.0 Å². The van der Waals surface area contributed by atoms with Gasteiger partial charge in [0.05, 0.1) is 34.9 Å². The van der Waals surface area contributed by atoms with Gasteiger partial charge in [0.25, 0.3) is 0 Å². The molecule has 3 aromatic rings. The van der Waals surface area contributed by atoms with Crippen molar-refractivity contribution in [2.75, 3.05) is 44.3 Å². The monoisotopic (exact) mass is 507 g/mol. The molecule has 1 saturated heterocycles. The lowest BCUT2D eigenvalue weighted by atomic mass is 10.0. The first-order valence-corrected chi connectivity index (χ1v) is 12.3. The average molecular weight is 509 g/mol. The van der Waals surface area contributed by atoms with E-state index in [4.69, 9.17) is 21.3 Å². The molecule has 0 bridgehead atoms. The number of aryl methyl sites for hydroxylation is 3. The van der Waals surface area contributed by atoms with E-state index in [-0.39, 0.29) is 18.3 Å². The number of fused-ring (bicyclic) bond motifs is 1. The maximum Gasteiger partial charge on any atom is 0.233 e. The second-order valence-corrected chi connectivity index (χ2v) is 9.88. The summed E-state index contributed by atoms with van der Waals surface area (Å²) in [6.45, 7) is 11.2. The van der Waals surface area contributed by atoms with Crippen molar-refractivity contribution in [3.8, 4) is 0 Å². The van der Waals surface area contributed by atoms with Crippen LogP contribution in [0.15, 0.2) is 30.3 Å². The number of nitrogens with zero attached hydrogens (tertiary/aromatic N) is 3. The van der Waals surface area contributed by atoms with Crippen molar-refractivity contribution in [2.24, 2.45) is 0 Å². The quantitative estimate of drug-likeness (QED) is 0.417. The predicted octanol–water partition coefficient (Wildman–Crippen LogP) is 5.59. The number of amides is 1. The molecule has 8 heteroatoms. The van der Waals surface area contributed by atoms with Crippen LogP contribution in [0.3, 0.4) is 0 Å². The second-order valence-electron chi connectivity index (χ2n) is 8.50. The van der Waals surface area contributed by atoms with Gasteiger partial charge in [-0.1, -0.05) is 52.8 Å². The zero-order valence-electron chi connectivity index (χ0n) is 19.4. The van der Waals surface area contributed by atoms with Crippen molar-refractivity contribution in [1.29, 1.82) is 0 Å². The van der Waals surface area contributed by atoms with Gasteiger partial charge in [0.15, 0.2) is 5.13 Å². The van der Waals surface area contributed by atoms with Crippen molar-refractivity contribution in [2.45, 2.75) is 33.6 Å². The summed E-state index contributed by atoms with van der Waals surface area (Å²) in [4.78, 5) is 22.6. The summed E-state index contributed by atoms with van der Waals surface area (Å²) in [7, 11) is 0. The Morgan fingerprint density at radius 1 is 1.15 bits per heavy atom. The Morgan fingerprint density at radius 2 is 1.88 bits per heavy atom. The normalized spacial score (nSPS) is 14.3. The Bertz CT molecular complexity index is 1070. The third-order valence-corrected chi connectivity index (χ3v) is 7.56. The number of ether oxygens (including phenoxy) is 1. The average Bonchev–Trinajstić information content (AvgIpc) is 3.23. The molecule has 0 N–H and O–H groups in total. The third kappa shape index (κ3) is 6.25. The molecule has 1 aliphatic rings. The minimum Gasteiger partial charge on any atom is -0.379 e. The maximum atomic E-state index is 13.5. The predicted molar refractivity (Wildman–Crippen MR) is 140 cm³/mol. The molecule has 1 aliphatic heterocycles. The molecule has 2 heterocycles. The van der Waals surface area contributed by atoms with Crippen molar-refractivity contribution in [3.63, 3.8) is 0 Å². The summed E-state index contributed by atoms with van der Waals surface area (Å²) in [5, 5.41) is 1.41. The zero-order chi connectivity index (χ0) is 22.7. The van der Waals surface area contributed by atoms with Gasteiger partial charge in [-0.2, -0.15) is 0 Å². The fraction of sp³-hybridized carbons (Fsp3) is 0.440. The summed E-state index contributed by atoms with van der Waals surface area (Å²) in [6, 6.07) is 10.2. The van der Waals surface area contributed by atoms with Crippen molar-refractivity contribution >= 4 is 56.6 Å². The molecule has 178 valence electrons. The Balaban J connectivity index is 0.00000306. The Kier molecular flexibility index (Phi) is 9.13. The molecule has 4 rings (SSSR count). The van der Waals surface area contributed by atoms with Crippen LogP contribution >= 0.6 is 35.3 Å². The van der Waals surface area contributed by atoms with Gasteiger partial charge in [-0.3, -0.25) is 14.6 Å². The largest absolute Gasteiger partial charge is 0.379 e. The smallest absolute Gasteiger partial charge is 0.233 e. The first-order valence-electron chi connectivity index (χ1n) is 11.1. The highest BCUT2D eigenvalue weighted by Crippen LogP contribution is 2.36. The van der Waals surface area contributed by atoms with Crippen LogP contribution < -0.4 is 4.90 Å². The van der Waals surface area contributed by atoms with Crippen LogP contribution in [-0.2, 0) is 16.0 Å². The standard InChI is InChI=1S/C25H30ClN3O2S.ClH/c1-17-5-6-18(2)20(15-17)16-22(30)29(10-4-9-28-11-13-31-14-12-28)25-27-23-19(3)7-8-21(26)24(23)32-25;/h5-8,15H,4,9-14,16H2,1-3H3;1H. The second kappa shape index (κ2) is 11.6. The van der Waals surface area contributed by atoms with Gasteiger partial charge in [-0.05, 0) is 49.9 Å². The molecular weight excluding hydrogens is 477 g/mol. The van der Waals surface area contributed by atoms with Gasteiger partial charge in [-0.25, -0.2) is 4.98 Å². The molecule has 0 radical (unpaired) electrons. The minimum atomic E-state index is 0. The molecule has 0 aliphatic carbocycles. The summed E-state index contributed by atoms with van der Waals surface area (Å²) in [5.41, 5.74) is 5.33. The molecule has 1 amide bonds. The minimum absolute atomic E-state index is 0. The first kappa shape index (κ1) is 25.9. The van der Waals surface area contributed by atoms with Crippen molar-refractivity contribution in [1.82, 2.24) is 9.88 Å². The highest BCUT2D eigenvalue weighted by Gasteiger charge is 2.22. The number of anilines is 1. The number of carbonyl (C=O) groups is 1. The number of hydrogen-bond donors (Lipinski definition) is 0. The number of aromatic nitrogens is 1. The molecular formula is C25H31Cl2N3O2S. The fourth-order valence-electron chi connectivity index (χ4n) is 4.06. The van der Waals surface area contributed by atoms with E-state index >= 15 is 0 Å². The summed E-state index contributed by atoms with van der Waals surface area (Å²) >= 11 is 7.96. The molecule has 33 heavy (non-hydrogen) atoms. The molecule has 0 spiro atoms. The van der Waals surface area contributed by atoms with Gasteiger partial charge in [-0.15, -0.1) is 12.4 Å². The van der Waals surface area contributed by atoms with E-state index < -0.39 is 0 Å². The van der Waals surface area contributed by atoms with E-state index in [9.17, 15) is 4.79 Å². The van der Waals surface area contributed by atoms with Crippen LogP contribution in [0.2, 0.25) is 5.02 Å². The number of halogens is 2. The number of thiazole rings is 1. The van der Waals surface area contributed by atoms with Crippen LogP contribution in [0.1, 0.15) is 28.7 Å². The highest BCUT2D eigenvalue weighted by molar-refractivity contribution is 7.23. The SMILES string of the molecule is Cc1ccc(C)c(CC(=O)N(CCCN2CCOCC2)c2nc3c(C)ccc(Cl)c3s2)c1.Cl. The first-order chi connectivity index (χ1) is 15.4. The van der Waals surface area contributed by atoms with Gasteiger partial charge >= 0.3 is 0 Å². The van der Waals surface area contributed by atoms with Crippen molar-refractivity contribution in [3.05, 3.63) is 57.6 Å². The van der Waals surface area contributed by atoms with Crippen LogP contribution in [0.25, 0.3) is 10.2 Å². The number of hydrogen-bond acceptors (Lipinski definition) is 5. The number of carbonyl (C=O) groups excluding carboxylic acids is 1. The summed E-state index contributed by atoms with van der Waals surface area (Å²) in [5.74, 6) is 0.0773. The lowest BCUT2D eigenvalue weighted by molar-refractivity contribution is -0.118. The molecule has 2 aromatic carbocycles. The lowest BCUT2D eigenvalue weighted by Crippen LogP contribution is -2.39. The number of morpholine rings is 1. The fourth-order valence-corrected chi connectivity index (χ4v) is 5.42. The van der Waals surface area contributed by atoms with Gasteiger partial charge in [0, 0.05) is 26.2 Å². The molecule has 1 fully saturated rings. The topological polar surface area (TPSA) is 45.7 Å². The lowest BCUT2D eigenvalue weighted by Gasteiger charge is -2.28. The highest BCUT2D eigenvalue weighted by atomic mass is 35.5. The van der Waals surface area contributed by atoms with E-state index in [0.717, 1.165) is 71.3 Å². The summed E-state index contributed by atoms with van der Waals surface area (Å²) in [6.07, 6.45) is 1.26. The van der Waals surface area contributed by atoms with E-state index in [1.807, 2.05) is 24.0 Å². The number of rotatable bonds is 7. The molecule has 0 saturated carbocycles. The van der Waals surface area contributed by atoms with Crippen molar-refractivity contribution < 1.29 is 9.53 Å². The molecule has 0 unspecified atom stereocenters. The van der Waals surface area contributed by atoms with Gasteiger partial charge in [0.2, 0.25) is 5.91 Å². The summed E-state index contributed by atoms with van der Waals surface area (Å²) < 4.78 is 6.39. The van der Waals surface area contributed by atoms with Crippen LogP contribution in [0, 0.1) is 20.8 Å². The number of benzene rings is 2. The Hall–Kier alpha value is -1.70. The van der Waals surface area contributed by atoms with Crippen LogP contribution in [0.4, 0.5) is 5.13 Å². The van der Waals surface area contributed by atoms with E-state index in [1.54, 1.807) is 0 Å². The molecule has 1 aromatic heterocycles. The Labute approximate surface area is 211 Å². The Morgan fingerprint density at radius 3 is 2.61 bits per heavy atom. The maximum absolute atomic E-state index is 13.5.